The number of nitrogens with one attached hydrogen (secondary N) is 5. The van der Waals surface area contributed by atoms with E-state index in [1.54, 1.807) is 59.5 Å². The summed E-state index contributed by atoms with van der Waals surface area (Å²) in [5.74, 6) is -1.42. The molecule has 3 aliphatic rings. The van der Waals surface area contributed by atoms with Crippen molar-refractivity contribution in [2.45, 2.75) is 57.7 Å². The highest BCUT2D eigenvalue weighted by Gasteiger charge is 2.44. The quantitative estimate of drug-likeness (QED) is 0.0416. The molecule has 5 amide bonds. The Balaban J connectivity index is 0.647. The topological polar surface area (TPSA) is 255 Å². The summed E-state index contributed by atoms with van der Waals surface area (Å²) in [6.07, 6.45) is 5.94. The third-order valence-corrected chi connectivity index (χ3v) is 11.8. The van der Waals surface area contributed by atoms with Gasteiger partial charge in [0.05, 0.1) is 73.6 Å². The number of hydrogen-bond donors (Lipinski definition) is 5. The largest absolute Gasteiger partial charge is 0.444 e. The van der Waals surface area contributed by atoms with Crippen LogP contribution in [0.4, 0.5) is 26.0 Å². The molecule has 1 aliphatic carbocycles. The van der Waals surface area contributed by atoms with Gasteiger partial charge in [0.2, 0.25) is 17.7 Å². The van der Waals surface area contributed by atoms with Gasteiger partial charge in [0, 0.05) is 56.5 Å². The van der Waals surface area contributed by atoms with Crippen LogP contribution in [0.25, 0.3) is 17.1 Å². The van der Waals surface area contributed by atoms with E-state index in [-0.39, 0.29) is 41.2 Å². The van der Waals surface area contributed by atoms with Crippen molar-refractivity contribution in [1.29, 1.82) is 0 Å². The standard InChI is InChI=1S/C47H49F2N13O8/c48-42(49)41-36(55-43(64)37-27-70-45(56-37)30-11-13-52-39(21-30)53-24-29-1-2-29)26-61(58-41)32-6-3-28(4-7-32)23-50-15-17-68-19-20-69-18-16-60-33(25-54-59-60)12-14-51-31-5-8-34-35(22-31)47(67)62(46(34)66)38-9-10-40(63)57-44(38)65/h3-8,11,13,21-22,25-27,29,38,42,50-51H,1-2,9-10,12,14-20,23-24H2,(H,52,53)(H,55,64)(H,57,63,65). The molecular weight excluding hydrogens is 913 g/mol. The van der Waals surface area contributed by atoms with E-state index in [2.05, 4.69) is 52.0 Å². The molecule has 2 aromatic carbocycles. The monoisotopic (exact) mass is 961 g/mol. The minimum Gasteiger partial charge on any atom is -0.444 e. The molecule has 9 rings (SSSR count). The van der Waals surface area contributed by atoms with Crippen LogP contribution in [0, 0.1) is 5.92 Å². The van der Waals surface area contributed by atoms with Crippen molar-refractivity contribution in [3.05, 3.63) is 113 Å². The third kappa shape index (κ3) is 11.4. The first-order chi connectivity index (χ1) is 34.1. The van der Waals surface area contributed by atoms with Crippen molar-refractivity contribution in [1.82, 2.24) is 50.3 Å². The van der Waals surface area contributed by atoms with E-state index in [1.165, 1.54) is 30.0 Å². The summed E-state index contributed by atoms with van der Waals surface area (Å²) in [5.41, 5.74) is 3.18. The van der Waals surface area contributed by atoms with E-state index in [0.717, 1.165) is 22.7 Å². The Labute approximate surface area is 398 Å². The molecule has 21 nitrogen and oxygen atoms in total. The first-order valence-corrected chi connectivity index (χ1v) is 22.8. The highest BCUT2D eigenvalue weighted by atomic mass is 19.3. The predicted octanol–water partition coefficient (Wildman–Crippen LogP) is 4.40. The number of halogens is 2. The predicted molar refractivity (Wildman–Crippen MR) is 246 cm³/mol. The minimum atomic E-state index is -2.95. The minimum absolute atomic E-state index is 0.0516. The van der Waals surface area contributed by atoms with E-state index in [4.69, 9.17) is 13.9 Å². The normalized spacial score (nSPS) is 15.7. The van der Waals surface area contributed by atoms with Crippen LogP contribution < -0.4 is 26.6 Å². The maximum atomic E-state index is 14.1. The number of piperidine rings is 1. The number of amides is 5. The van der Waals surface area contributed by atoms with Gasteiger partial charge >= 0.3 is 0 Å². The van der Waals surface area contributed by atoms with Crippen LogP contribution in [-0.2, 0) is 38.6 Å². The van der Waals surface area contributed by atoms with Crippen LogP contribution in [0.1, 0.15) is 80.3 Å². The zero-order chi connectivity index (χ0) is 48.6. The lowest BCUT2D eigenvalue weighted by Crippen LogP contribution is -2.54. The molecule has 0 bridgehead atoms. The number of alkyl halides is 2. The number of pyridine rings is 1. The summed E-state index contributed by atoms with van der Waals surface area (Å²) in [6.45, 7) is 4.51. The molecule has 5 N–H and O–H groups in total. The number of aromatic nitrogens is 7. The highest BCUT2D eigenvalue weighted by molar-refractivity contribution is 6.23. The van der Waals surface area contributed by atoms with E-state index >= 15 is 0 Å². The number of oxazole rings is 1. The fraction of sp³-hybridized carbons (Fsp3) is 0.362. The van der Waals surface area contributed by atoms with Gasteiger partial charge in [-0.25, -0.2) is 28.1 Å². The lowest BCUT2D eigenvalue weighted by atomic mass is 10.0. The Morgan fingerprint density at radius 3 is 2.53 bits per heavy atom. The number of fused-ring (bicyclic) bond motifs is 1. The van der Waals surface area contributed by atoms with Gasteiger partial charge < -0.3 is 35.2 Å². The molecule has 1 saturated heterocycles. The molecule has 6 aromatic rings. The number of nitrogens with zero attached hydrogens (tertiary/aromatic N) is 8. The number of hydrogen-bond acceptors (Lipinski definition) is 16. The maximum absolute atomic E-state index is 14.1. The summed E-state index contributed by atoms with van der Waals surface area (Å²) in [6, 6.07) is 14.5. The number of anilines is 3. The Morgan fingerprint density at radius 1 is 0.914 bits per heavy atom. The number of imide groups is 2. The van der Waals surface area contributed by atoms with Crippen molar-refractivity contribution in [3.8, 4) is 17.1 Å². The summed E-state index contributed by atoms with van der Waals surface area (Å²) in [7, 11) is 0. The van der Waals surface area contributed by atoms with Crippen molar-refractivity contribution in [3.63, 3.8) is 0 Å². The fourth-order valence-electron chi connectivity index (χ4n) is 7.90. The number of ether oxygens (including phenoxy) is 2. The van der Waals surface area contributed by atoms with Crippen molar-refractivity contribution in [2.75, 3.05) is 62.0 Å². The third-order valence-electron chi connectivity index (χ3n) is 11.8. The highest BCUT2D eigenvalue weighted by Crippen LogP contribution is 2.32. The molecule has 0 spiro atoms. The van der Waals surface area contributed by atoms with E-state index in [9.17, 15) is 32.8 Å². The fourth-order valence-corrected chi connectivity index (χ4v) is 7.90. The maximum Gasteiger partial charge on any atom is 0.284 e. The Morgan fingerprint density at radius 2 is 1.73 bits per heavy atom. The molecule has 0 radical (unpaired) electrons. The van der Waals surface area contributed by atoms with Crippen molar-refractivity contribution < 1.29 is 46.6 Å². The Kier molecular flexibility index (Phi) is 14.7. The van der Waals surface area contributed by atoms with Gasteiger partial charge in [-0.05, 0) is 73.2 Å². The van der Waals surface area contributed by atoms with Crippen LogP contribution in [0.5, 0.6) is 0 Å². The number of carbonyl (C=O) groups excluding carboxylic acids is 5. The molecule has 1 atom stereocenters. The molecule has 2 aliphatic heterocycles. The first kappa shape index (κ1) is 47.3. The molecule has 2 fully saturated rings. The molecule has 4 aromatic heterocycles. The number of rotatable bonds is 24. The SMILES string of the molecule is O=C1CCC(N2C(=O)c3ccc(NCCc4cnnn4CCOCCOCCNCc4ccc(-n5cc(NC(=O)c6coc(-c7ccnc(NCC8CC8)c7)n6)c(C(F)F)n5)cc4)cc3C2=O)C(=O)N1. The zero-order valence-corrected chi connectivity index (χ0v) is 37.7. The Hall–Kier alpha value is -7.76. The van der Waals surface area contributed by atoms with E-state index in [0.29, 0.717) is 87.7 Å². The second kappa shape index (κ2) is 21.7. The summed E-state index contributed by atoms with van der Waals surface area (Å²) in [4.78, 5) is 72.7. The van der Waals surface area contributed by atoms with Gasteiger partial charge in [-0.1, -0.05) is 17.3 Å². The first-order valence-electron chi connectivity index (χ1n) is 22.8. The summed E-state index contributed by atoms with van der Waals surface area (Å²) in [5, 5.41) is 26.8. The van der Waals surface area contributed by atoms with Crippen molar-refractivity contribution in [2.24, 2.45) is 5.92 Å². The van der Waals surface area contributed by atoms with Crippen molar-refractivity contribution >= 4 is 46.7 Å². The lowest BCUT2D eigenvalue weighted by Gasteiger charge is -2.27. The average molecular weight is 962 g/mol. The lowest BCUT2D eigenvalue weighted by molar-refractivity contribution is -0.136. The number of benzene rings is 2. The molecule has 1 unspecified atom stereocenters. The average Bonchev–Trinajstić information content (AvgIpc) is 3.62. The van der Waals surface area contributed by atoms with Crippen LogP contribution in [-0.4, -0.2) is 121 Å². The van der Waals surface area contributed by atoms with Gasteiger partial charge in [0.25, 0.3) is 24.1 Å². The Bertz CT molecular complexity index is 2860. The van der Waals surface area contributed by atoms with E-state index < -0.39 is 47.7 Å². The van der Waals surface area contributed by atoms with Gasteiger partial charge in [-0.2, -0.15) is 5.10 Å². The van der Waals surface area contributed by atoms with Gasteiger partial charge in [-0.3, -0.25) is 34.2 Å². The summed E-state index contributed by atoms with van der Waals surface area (Å²) < 4.78 is 48.1. The molecule has 6 heterocycles. The molecule has 23 heteroatoms. The second-order valence-electron chi connectivity index (χ2n) is 16.8. The van der Waals surface area contributed by atoms with Gasteiger partial charge in [0.1, 0.15) is 18.1 Å². The van der Waals surface area contributed by atoms with Gasteiger partial charge in [0.15, 0.2) is 11.4 Å². The van der Waals surface area contributed by atoms with Crippen LogP contribution >= 0.6 is 0 Å². The molecule has 364 valence electrons. The number of carbonyl (C=O) groups is 5. The second-order valence-corrected chi connectivity index (χ2v) is 16.8. The molecular formula is C47H49F2N13O8. The summed E-state index contributed by atoms with van der Waals surface area (Å²) >= 11 is 0. The van der Waals surface area contributed by atoms with Crippen LogP contribution in [0.15, 0.2) is 83.9 Å². The van der Waals surface area contributed by atoms with Crippen LogP contribution in [0.2, 0.25) is 0 Å². The van der Waals surface area contributed by atoms with Gasteiger partial charge in [-0.15, -0.1) is 5.10 Å². The molecule has 1 saturated carbocycles. The van der Waals surface area contributed by atoms with E-state index in [1.807, 2.05) is 12.1 Å². The molecule has 70 heavy (non-hydrogen) atoms. The van der Waals surface area contributed by atoms with Crippen LogP contribution in [0.3, 0.4) is 0 Å². The smallest absolute Gasteiger partial charge is 0.284 e. The zero-order valence-electron chi connectivity index (χ0n) is 37.7.